The smallest absolute Gasteiger partial charge is 0.0557 e. The van der Waals surface area contributed by atoms with Crippen LogP contribution in [0.15, 0.2) is 0 Å². The summed E-state index contributed by atoms with van der Waals surface area (Å²) in [6, 6.07) is 8.34. The van der Waals surface area contributed by atoms with Crippen molar-refractivity contribution in [2.24, 2.45) is 48.7 Å². The second-order valence-corrected chi connectivity index (χ2v) is 49.1. The van der Waals surface area contributed by atoms with E-state index in [0.29, 0.717) is 27.3 Å². The van der Waals surface area contributed by atoms with Crippen LogP contribution in [0, 0.1) is 48.7 Å². The predicted octanol–water partition coefficient (Wildman–Crippen LogP) is 14.9. The van der Waals surface area contributed by atoms with Crippen LogP contribution in [0.2, 0.25) is 0 Å². The van der Waals surface area contributed by atoms with Crippen LogP contribution in [-0.4, -0.2) is 377 Å². The molecule has 17 nitrogen and oxygen atoms in total. The summed E-state index contributed by atoms with van der Waals surface area (Å²) >= 11 is 0. The summed E-state index contributed by atoms with van der Waals surface area (Å²) in [4.78, 5) is 35.8. The zero-order valence-corrected chi connectivity index (χ0v) is 82.7. The minimum Gasteiger partial charge on any atom is -0.380 e. The summed E-state index contributed by atoms with van der Waals surface area (Å²) in [6.07, 6.45) is 32.5. The van der Waals surface area contributed by atoms with Gasteiger partial charge in [0.1, 0.15) is 0 Å². The molecule has 5 aliphatic carbocycles. The lowest BCUT2D eigenvalue weighted by Crippen LogP contribution is -2.72. The molecule has 118 heavy (non-hydrogen) atoms. The molecule has 0 amide bonds. The highest BCUT2D eigenvalue weighted by atomic mass is 16.5. The minimum absolute atomic E-state index is 0.574. The predicted molar refractivity (Wildman–Crippen MR) is 502 cm³/mol. The number of ether oxygens (including phenoxy) is 1. The molecular weight excluding hydrogens is 1450 g/mol. The number of likely N-dealkylation sites (tertiary alicyclic amines) is 13. The molecule has 17 heteroatoms. The van der Waals surface area contributed by atoms with Crippen LogP contribution in [0.5, 0.6) is 0 Å². The zero-order valence-electron chi connectivity index (χ0n) is 82.7. The van der Waals surface area contributed by atoms with Crippen molar-refractivity contribution in [3.63, 3.8) is 0 Å². The van der Waals surface area contributed by atoms with E-state index in [1.165, 1.54) is 338 Å². The van der Waals surface area contributed by atoms with Crippen LogP contribution in [0.3, 0.4) is 0 Å². The molecule has 22 aliphatic rings. The molecule has 3 atom stereocenters. The minimum atomic E-state index is 0.574. The van der Waals surface area contributed by atoms with Gasteiger partial charge >= 0.3 is 0 Å². The highest BCUT2D eigenvalue weighted by Crippen LogP contribution is 2.53. The molecule has 686 valence electrons. The van der Waals surface area contributed by atoms with Gasteiger partial charge < -0.3 is 49.7 Å². The van der Waals surface area contributed by atoms with E-state index < -0.39 is 0 Å². The van der Waals surface area contributed by atoms with Crippen LogP contribution in [-0.2, 0) is 4.74 Å². The molecule has 0 bridgehead atoms. The van der Waals surface area contributed by atoms with Crippen LogP contribution >= 0.6 is 0 Å². The molecule has 11 spiro atoms. The topological polar surface area (TPSA) is 88.3 Å². The van der Waals surface area contributed by atoms with E-state index in [2.05, 4.69) is 253 Å². The van der Waals surface area contributed by atoms with Gasteiger partial charge in [0, 0.05) is 263 Å². The number of hydrogen-bond donors (Lipinski definition) is 2. The summed E-state index contributed by atoms with van der Waals surface area (Å²) in [5, 5.41) is 6.83. The van der Waals surface area contributed by atoms with Gasteiger partial charge in [-0.3, -0.25) is 34.3 Å². The van der Waals surface area contributed by atoms with Gasteiger partial charge in [0.05, 0.1) is 13.2 Å². The summed E-state index contributed by atoms with van der Waals surface area (Å²) < 4.78 is 5.26. The molecule has 0 aromatic carbocycles. The summed E-state index contributed by atoms with van der Waals surface area (Å²) in [7, 11) is 6.68. The van der Waals surface area contributed by atoms with Gasteiger partial charge in [0.15, 0.2) is 0 Å². The first-order valence-electron chi connectivity index (χ1n) is 50.9. The lowest BCUT2D eigenvalue weighted by Gasteiger charge is -2.60. The maximum atomic E-state index is 5.26. The Balaban J connectivity index is 0.000000119. The fourth-order valence-corrected chi connectivity index (χ4v) is 24.9. The maximum Gasteiger partial charge on any atom is 0.0557 e. The molecule has 0 radical (unpaired) electrons. The summed E-state index contributed by atoms with van der Waals surface area (Å²) in [6.45, 7) is 92.6. The number of rotatable bonds is 11. The molecule has 17 heterocycles. The van der Waals surface area contributed by atoms with Crippen molar-refractivity contribution in [1.82, 2.24) is 79.2 Å². The average Bonchev–Trinajstić information content (AvgIpc) is 1.70. The largest absolute Gasteiger partial charge is 0.380 e. The molecule has 2 N–H and O–H groups in total. The Labute approximate surface area is 730 Å². The van der Waals surface area contributed by atoms with Crippen molar-refractivity contribution in [2.75, 3.05) is 231 Å². The fraction of sp³-hybridized carbons (Fsp3) is 1.00. The SMILES string of the molecule is CC(C)N1CC2(CCC2)C1.CC(C)N1CC2(CCC2)C1.CC(C)N1CC2(CCC2)C1.CC(C)N1CC2(CN(C)C2)C1.CC(C)N1CCC2(C1)CN2C.CC(C)N1CCC2(CCC2)C1.CC(C)N1CCC2(CCC2)C1.CC(C)N1CCC2(CN(C)C2)C1.CC(C)N1CCC2(CN2)C1.CC(C)N1CCC2(CNC2)C1.CC(C)N1CCC2(COC2)C1. The Morgan fingerprint density at radius 3 is 0.644 bits per heavy atom. The number of likely N-dealkylation sites (N-methyl/N-ethyl adjacent to an activating group) is 1. The van der Waals surface area contributed by atoms with Crippen molar-refractivity contribution in [3.8, 4) is 0 Å². The van der Waals surface area contributed by atoms with Gasteiger partial charge in [0.2, 0.25) is 0 Å². The van der Waals surface area contributed by atoms with Gasteiger partial charge in [-0.25, -0.2) is 0 Å². The molecular formula is C101H196N16O. The normalized spacial score (nSPS) is 32.2. The lowest BCUT2D eigenvalue weighted by molar-refractivity contribution is -0.115. The van der Waals surface area contributed by atoms with Gasteiger partial charge in [0.25, 0.3) is 0 Å². The van der Waals surface area contributed by atoms with Crippen molar-refractivity contribution in [3.05, 3.63) is 0 Å². The Morgan fingerprint density at radius 2 is 0.449 bits per heavy atom. The van der Waals surface area contributed by atoms with Gasteiger partial charge in [-0.1, -0.05) is 32.1 Å². The highest BCUT2D eigenvalue weighted by molar-refractivity contribution is 5.13. The van der Waals surface area contributed by atoms with Crippen molar-refractivity contribution in [1.29, 1.82) is 0 Å². The van der Waals surface area contributed by atoms with Gasteiger partial charge in [-0.05, 0) is 342 Å². The third-order valence-corrected chi connectivity index (χ3v) is 35.6. The molecule has 3 unspecified atom stereocenters. The summed E-state index contributed by atoms with van der Waals surface area (Å²) in [5.41, 5.74) is 7.93. The maximum absolute atomic E-state index is 5.26. The Kier molecular flexibility index (Phi) is 32.5. The van der Waals surface area contributed by atoms with E-state index in [1.807, 2.05) is 0 Å². The second-order valence-electron chi connectivity index (χ2n) is 49.1. The molecule has 0 aromatic rings. The van der Waals surface area contributed by atoms with E-state index in [9.17, 15) is 0 Å². The molecule has 17 saturated heterocycles. The van der Waals surface area contributed by atoms with E-state index in [0.717, 1.165) is 112 Å². The quantitative estimate of drug-likeness (QED) is 0.192. The van der Waals surface area contributed by atoms with E-state index in [1.54, 1.807) is 0 Å². The van der Waals surface area contributed by atoms with E-state index in [4.69, 9.17) is 4.74 Å². The van der Waals surface area contributed by atoms with Crippen molar-refractivity contribution < 1.29 is 4.74 Å². The Hall–Kier alpha value is -0.680. The zero-order chi connectivity index (χ0) is 85.2. The first-order chi connectivity index (χ1) is 55.6. The lowest BCUT2D eigenvalue weighted by atomic mass is 9.63. The second kappa shape index (κ2) is 39.7. The summed E-state index contributed by atoms with van der Waals surface area (Å²) in [5.74, 6) is 0. The van der Waals surface area contributed by atoms with Crippen LogP contribution < -0.4 is 10.6 Å². The molecule has 22 fully saturated rings. The van der Waals surface area contributed by atoms with E-state index >= 15 is 0 Å². The average molecular weight is 1650 g/mol. The fourth-order valence-electron chi connectivity index (χ4n) is 24.9. The molecule has 5 saturated carbocycles. The first kappa shape index (κ1) is 96.4. The molecule has 17 aliphatic heterocycles. The third kappa shape index (κ3) is 24.1. The van der Waals surface area contributed by atoms with Crippen molar-refractivity contribution >= 4 is 0 Å². The van der Waals surface area contributed by atoms with Crippen molar-refractivity contribution in [2.45, 2.75) is 371 Å². The number of nitrogens with zero attached hydrogens (tertiary/aromatic N) is 14. The highest BCUT2D eigenvalue weighted by Gasteiger charge is 2.56. The Bertz CT molecular complexity index is 2710. The first-order valence-corrected chi connectivity index (χ1v) is 50.9. The molecule has 22 rings (SSSR count). The number of hydrogen-bond acceptors (Lipinski definition) is 17. The van der Waals surface area contributed by atoms with Gasteiger partial charge in [-0.15, -0.1) is 0 Å². The van der Waals surface area contributed by atoms with Crippen LogP contribution in [0.1, 0.15) is 294 Å². The van der Waals surface area contributed by atoms with Crippen LogP contribution in [0.4, 0.5) is 0 Å². The number of nitrogens with one attached hydrogen (secondary N) is 2. The standard InChI is InChI=1S/C10H20N2.2C10H19N.3C9H18N2.C9H17NO.3C9H17N.C8H16N2/c1-9(2)12-5-4-10(8-12)6-11(3)7-10;2*1-9(2)11-7-6-10(8-11)4-3-5-10;1-8(2)11-6-9(7-11)4-10(3)5-9;1-8(2)11-5-4-9(7-11)6-10(9)3;1-8(2)11-4-3-9(7-11)5-10-6-9;1-8(2)10-4-3-9(5-10)6-11-7-9;3*1-8(2)10-6-9(7-10)4-3-5-9;1-7(2)10-4-3-8(6-10)5-9-8/h9H,4-8H2,1-3H3;2*9H,3-8H2,1-2H3;2*8H,4-7H2,1-3H3;8,10H,3-7H2,1-2H3;8H,3-7H2,1-2H3;3*8H,3-7H2,1-2H3;7,9H,3-6H2,1-2H3. The van der Waals surface area contributed by atoms with E-state index in [-0.39, 0.29) is 0 Å². The van der Waals surface area contributed by atoms with Gasteiger partial charge in [-0.2, -0.15) is 0 Å². The van der Waals surface area contributed by atoms with Crippen LogP contribution in [0.25, 0.3) is 0 Å². The third-order valence-electron chi connectivity index (χ3n) is 35.6. The monoisotopic (exact) mass is 1650 g/mol. The molecule has 0 aromatic heterocycles. The Morgan fingerprint density at radius 1 is 0.212 bits per heavy atom.